The Labute approximate surface area is 306 Å². The third-order valence-corrected chi connectivity index (χ3v) is 11.0. The lowest BCUT2D eigenvalue weighted by atomic mass is 9.87. The van der Waals surface area contributed by atoms with Gasteiger partial charge in [-0.3, -0.25) is 0 Å². The molecule has 9 aromatic carbocycles. The number of aromatic nitrogens is 1. The maximum Gasteiger partial charge on any atom is 0.135 e. The minimum Gasteiger partial charge on any atom is -0.359 e. The van der Waals surface area contributed by atoms with Gasteiger partial charge in [0.1, 0.15) is 5.84 Å². The van der Waals surface area contributed by atoms with Gasteiger partial charge < -0.3 is 9.88 Å². The summed E-state index contributed by atoms with van der Waals surface area (Å²) in [6, 6.07) is 65.5. The lowest BCUT2D eigenvalue weighted by Crippen LogP contribution is -2.31. The normalized spacial score (nSPS) is 14.6. The van der Waals surface area contributed by atoms with Crippen LogP contribution in [0.15, 0.2) is 193 Å². The minimum absolute atomic E-state index is 0.133. The number of hydrogen-bond acceptors (Lipinski definition) is 2. The van der Waals surface area contributed by atoms with Crippen molar-refractivity contribution < 1.29 is 0 Å². The molecule has 3 heteroatoms. The summed E-state index contributed by atoms with van der Waals surface area (Å²) in [5, 5.41) is 16.4. The molecule has 0 amide bonds. The molecule has 248 valence electrons. The summed E-state index contributed by atoms with van der Waals surface area (Å²) in [6.07, 6.45) is 2.31. The van der Waals surface area contributed by atoms with Gasteiger partial charge in [-0.2, -0.15) is 0 Å². The minimum atomic E-state index is -0.133. The topological polar surface area (TPSA) is 29.3 Å². The van der Waals surface area contributed by atoms with E-state index in [1.54, 1.807) is 0 Å². The number of nitrogens with zero attached hydrogens (tertiary/aromatic N) is 2. The highest BCUT2D eigenvalue weighted by Gasteiger charge is 2.26. The summed E-state index contributed by atoms with van der Waals surface area (Å²) in [7, 11) is 0. The van der Waals surface area contributed by atoms with Gasteiger partial charge in [0.25, 0.3) is 0 Å². The second-order valence-electron chi connectivity index (χ2n) is 13.9. The van der Waals surface area contributed by atoms with Crippen LogP contribution in [0.3, 0.4) is 0 Å². The lowest BCUT2D eigenvalue weighted by Gasteiger charge is -2.27. The van der Waals surface area contributed by atoms with Gasteiger partial charge in [0, 0.05) is 32.8 Å². The van der Waals surface area contributed by atoms with Crippen LogP contribution in [0.2, 0.25) is 0 Å². The molecular weight excluding hydrogens is 643 g/mol. The van der Waals surface area contributed by atoms with E-state index < -0.39 is 0 Å². The molecule has 11 rings (SSSR count). The molecule has 1 aromatic heterocycles. The fourth-order valence-electron chi connectivity index (χ4n) is 8.70. The van der Waals surface area contributed by atoms with Crippen LogP contribution in [0, 0.1) is 0 Å². The van der Waals surface area contributed by atoms with E-state index in [1.807, 2.05) is 0 Å². The molecule has 1 N–H and O–H groups in total. The number of para-hydroxylation sites is 2. The van der Waals surface area contributed by atoms with Crippen molar-refractivity contribution in [3.05, 3.63) is 205 Å². The fourth-order valence-corrected chi connectivity index (χ4v) is 8.70. The zero-order valence-corrected chi connectivity index (χ0v) is 28.9. The Morgan fingerprint density at radius 3 is 1.91 bits per heavy atom. The molecule has 0 saturated carbocycles. The number of benzene rings is 9. The monoisotopic (exact) mass is 675 g/mol. The Kier molecular flexibility index (Phi) is 6.62. The molecule has 0 radical (unpaired) electrons. The average molecular weight is 676 g/mol. The second kappa shape index (κ2) is 11.8. The van der Waals surface area contributed by atoms with Crippen molar-refractivity contribution in [3.8, 4) is 5.69 Å². The fraction of sp³-hybridized carbons (Fsp3) is 0.0200. The maximum absolute atomic E-state index is 5.31. The van der Waals surface area contributed by atoms with Crippen LogP contribution in [-0.4, -0.2) is 10.4 Å². The van der Waals surface area contributed by atoms with Crippen molar-refractivity contribution >= 4 is 76.4 Å². The summed E-state index contributed by atoms with van der Waals surface area (Å²) in [5.41, 5.74) is 8.00. The van der Waals surface area contributed by atoms with Crippen molar-refractivity contribution in [1.82, 2.24) is 9.88 Å². The first-order chi connectivity index (χ1) is 26.3. The number of hydrogen-bond donors (Lipinski definition) is 1. The van der Waals surface area contributed by atoms with Crippen molar-refractivity contribution in [2.45, 2.75) is 6.04 Å². The average Bonchev–Trinajstić information content (AvgIpc) is 3.59. The maximum atomic E-state index is 5.31. The molecular formula is C50H33N3. The summed E-state index contributed by atoms with van der Waals surface area (Å²) in [5.74, 6) is 0.878. The largest absolute Gasteiger partial charge is 0.359 e. The third kappa shape index (κ3) is 4.57. The smallest absolute Gasteiger partial charge is 0.135 e. The van der Waals surface area contributed by atoms with E-state index in [2.05, 4.69) is 198 Å². The van der Waals surface area contributed by atoms with Gasteiger partial charge in [-0.25, -0.2) is 4.99 Å². The SMILES string of the molecule is C1=C(c2ccccc2)N=C(c2cccc3ccccc23)NC1c1cc2c3ccccc3c3c(c4ccccc4n3-c3ccccc3)c2c2ccccc12. The van der Waals surface area contributed by atoms with Crippen molar-refractivity contribution in [3.63, 3.8) is 0 Å². The van der Waals surface area contributed by atoms with E-state index in [0.29, 0.717) is 0 Å². The van der Waals surface area contributed by atoms with Crippen LogP contribution in [0.25, 0.3) is 76.3 Å². The summed E-state index contributed by atoms with van der Waals surface area (Å²) < 4.78 is 2.46. The molecule has 53 heavy (non-hydrogen) atoms. The van der Waals surface area contributed by atoms with Crippen LogP contribution in [0.1, 0.15) is 22.7 Å². The van der Waals surface area contributed by atoms with Crippen LogP contribution >= 0.6 is 0 Å². The van der Waals surface area contributed by atoms with Gasteiger partial charge in [0.15, 0.2) is 0 Å². The quantitative estimate of drug-likeness (QED) is 0.185. The van der Waals surface area contributed by atoms with E-state index in [9.17, 15) is 0 Å². The van der Waals surface area contributed by atoms with E-state index >= 15 is 0 Å². The molecule has 0 aliphatic carbocycles. The number of fused-ring (bicyclic) bond motifs is 11. The predicted octanol–water partition coefficient (Wildman–Crippen LogP) is 12.5. The number of rotatable bonds is 4. The van der Waals surface area contributed by atoms with Crippen LogP contribution < -0.4 is 5.32 Å². The Balaban J connectivity index is 1.24. The second-order valence-corrected chi connectivity index (χ2v) is 13.9. The van der Waals surface area contributed by atoms with E-state index in [4.69, 9.17) is 4.99 Å². The molecule has 1 atom stereocenters. The van der Waals surface area contributed by atoms with Gasteiger partial charge in [0.05, 0.1) is 22.8 Å². The predicted molar refractivity (Wildman–Crippen MR) is 224 cm³/mol. The van der Waals surface area contributed by atoms with E-state index in [0.717, 1.165) is 28.3 Å². The highest BCUT2D eigenvalue weighted by atomic mass is 15.0. The molecule has 3 nitrogen and oxygen atoms in total. The lowest BCUT2D eigenvalue weighted by molar-refractivity contribution is 0.789. The van der Waals surface area contributed by atoms with E-state index in [1.165, 1.54) is 70.5 Å². The van der Waals surface area contributed by atoms with Crippen LogP contribution in [-0.2, 0) is 0 Å². The Morgan fingerprint density at radius 2 is 1.09 bits per heavy atom. The Bertz CT molecular complexity index is 3130. The van der Waals surface area contributed by atoms with Crippen LogP contribution in [0.5, 0.6) is 0 Å². The first-order valence-corrected chi connectivity index (χ1v) is 18.3. The van der Waals surface area contributed by atoms with Gasteiger partial charge in [0.2, 0.25) is 0 Å². The molecule has 1 aliphatic rings. The summed E-state index contributed by atoms with van der Waals surface area (Å²) in [6.45, 7) is 0. The van der Waals surface area contributed by atoms with Gasteiger partial charge in [-0.05, 0) is 73.8 Å². The Morgan fingerprint density at radius 1 is 0.472 bits per heavy atom. The molecule has 0 saturated heterocycles. The van der Waals surface area contributed by atoms with Crippen molar-refractivity contribution in [1.29, 1.82) is 0 Å². The highest BCUT2D eigenvalue weighted by molar-refractivity contribution is 6.37. The van der Waals surface area contributed by atoms with Gasteiger partial charge >= 0.3 is 0 Å². The molecule has 2 heterocycles. The standard InChI is InChI=1S/C50H33N3/c1-3-17-33(18-4-1)44-31-45(52-50(51-44)40-28-15-19-32-16-7-8-22-35(32)40)42-30-43-37-24-10-12-26-39(37)49-48(47(43)38-25-11-9-23-36(38)42)41-27-13-14-29-46(41)53(49)34-20-5-2-6-21-34/h1-31,45H,(H,51,52). The molecule has 1 unspecified atom stereocenters. The number of aliphatic imine (C=N–C) groups is 1. The molecule has 0 spiro atoms. The zero-order valence-electron chi connectivity index (χ0n) is 28.9. The molecule has 1 aliphatic heterocycles. The third-order valence-electron chi connectivity index (χ3n) is 11.0. The highest BCUT2D eigenvalue weighted by Crippen LogP contribution is 2.46. The Hall–Kier alpha value is -6.97. The number of amidine groups is 1. The molecule has 0 fully saturated rings. The number of nitrogens with one attached hydrogen (secondary N) is 1. The summed E-state index contributed by atoms with van der Waals surface area (Å²) in [4.78, 5) is 5.31. The molecule has 0 bridgehead atoms. The zero-order chi connectivity index (χ0) is 34.9. The van der Waals surface area contributed by atoms with Gasteiger partial charge in [-0.15, -0.1) is 0 Å². The molecule has 10 aromatic rings. The van der Waals surface area contributed by atoms with Crippen molar-refractivity contribution in [2.75, 3.05) is 0 Å². The summed E-state index contributed by atoms with van der Waals surface area (Å²) >= 11 is 0. The van der Waals surface area contributed by atoms with Crippen LogP contribution in [0.4, 0.5) is 0 Å². The first-order valence-electron chi connectivity index (χ1n) is 18.3. The first kappa shape index (κ1) is 29.7. The van der Waals surface area contributed by atoms with E-state index in [-0.39, 0.29) is 6.04 Å². The van der Waals surface area contributed by atoms with Gasteiger partial charge in [-0.1, -0.05) is 158 Å². The van der Waals surface area contributed by atoms with Crippen molar-refractivity contribution in [2.24, 2.45) is 4.99 Å².